The number of nitrogens with one attached hydrogen (secondary N) is 1. The van der Waals surface area contributed by atoms with Gasteiger partial charge in [0.1, 0.15) is 0 Å². The van der Waals surface area contributed by atoms with Gasteiger partial charge >= 0.3 is 0 Å². The lowest BCUT2D eigenvalue weighted by atomic mass is 9.84. The van der Waals surface area contributed by atoms with Gasteiger partial charge < -0.3 is 11.1 Å². The summed E-state index contributed by atoms with van der Waals surface area (Å²) in [6.07, 6.45) is 7.06. The molecule has 1 fully saturated rings. The van der Waals surface area contributed by atoms with Crippen molar-refractivity contribution in [1.29, 1.82) is 0 Å². The first-order valence-corrected chi connectivity index (χ1v) is 6.89. The van der Waals surface area contributed by atoms with Crippen LogP contribution in [-0.4, -0.2) is 12.5 Å². The molecule has 1 aliphatic carbocycles. The number of anilines is 1. The van der Waals surface area contributed by atoms with Gasteiger partial charge in [0.05, 0.1) is 0 Å². The Hall–Kier alpha value is -1.35. The lowest BCUT2D eigenvalue weighted by Crippen LogP contribution is -2.16. The first-order valence-electron chi connectivity index (χ1n) is 6.89. The molecule has 3 N–H and O–H groups in total. The van der Waals surface area contributed by atoms with E-state index in [1.165, 1.54) is 37.7 Å². The van der Waals surface area contributed by atoms with E-state index in [9.17, 15) is 4.79 Å². The first-order chi connectivity index (χ1) is 8.79. The van der Waals surface area contributed by atoms with Gasteiger partial charge in [0, 0.05) is 18.7 Å². The number of rotatable bonds is 4. The Kier molecular flexibility index (Phi) is 4.76. The highest BCUT2D eigenvalue weighted by molar-refractivity contribution is 5.90. The predicted molar refractivity (Wildman–Crippen MR) is 74.6 cm³/mol. The summed E-state index contributed by atoms with van der Waals surface area (Å²) in [7, 11) is 0. The molecule has 2 rings (SSSR count). The second-order valence-electron chi connectivity index (χ2n) is 5.04. The molecule has 0 spiro atoms. The SMILES string of the molecule is NCCC(=O)Nc1ccc(C2CCCCC2)cc1. The van der Waals surface area contributed by atoms with Gasteiger partial charge in [-0.2, -0.15) is 0 Å². The summed E-state index contributed by atoms with van der Waals surface area (Å²) in [5.41, 5.74) is 7.62. The predicted octanol–water partition coefficient (Wildman–Crippen LogP) is 3.02. The zero-order valence-electron chi connectivity index (χ0n) is 10.8. The van der Waals surface area contributed by atoms with E-state index in [2.05, 4.69) is 17.4 Å². The van der Waals surface area contributed by atoms with E-state index < -0.39 is 0 Å². The molecular weight excluding hydrogens is 224 g/mol. The van der Waals surface area contributed by atoms with Crippen LogP contribution in [0, 0.1) is 0 Å². The Bertz CT molecular complexity index is 380. The quantitative estimate of drug-likeness (QED) is 0.858. The summed E-state index contributed by atoms with van der Waals surface area (Å²) in [5.74, 6) is 0.704. The first kappa shape index (κ1) is 13.1. The molecule has 0 atom stereocenters. The molecule has 0 radical (unpaired) electrons. The Labute approximate surface area is 109 Å². The van der Waals surface area contributed by atoms with Crippen molar-refractivity contribution in [2.24, 2.45) is 5.73 Å². The summed E-state index contributed by atoms with van der Waals surface area (Å²) in [4.78, 5) is 11.4. The third kappa shape index (κ3) is 3.57. The van der Waals surface area contributed by atoms with Crippen molar-refractivity contribution in [2.75, 3.05) is 11.9 Å². The number of hydrogen-bond acceptors (Lipinski definition) is 2. The van der Waals surface area contributed by atoms with Crippen LogP contribution in [0.25, 0.3) is 0 Å². The molecule has 0 aromatic heterocycles. The van der Waals surface area contributed by atoms with Crippen LogP contribution < -0.4 is 11.1 Å². The second kappa shape index (κ2) is 6.55. The van der Waals surface area contributed by atoms with Crippen molar-refractivity contribution >= 4 is 11.6 Å². The fourth-order valence-electron chi connectivity index (χ4n) is 2.63. The summed E-state index contributed by atoms with van der Waals surface area (Å²) in [6.45, 7) is 0.395. The zero-order chi connectivity index (χ0) is 12.8. The molecule has 0 unspecified atom stereocenters. The molecule has 18 heavy (non-hydrogen) atoms. The molecule has 1 aromatic carbocycles. The van der Waals surface area contributed by atoms with Crippen LogP contribution in [0.15, 0.2) is 24.3 Å². The average molecular weight is 246 g/mol. The minimum absolute atomic E-state index is 0.0112. The van der Waals surface area contributed by atoms with E-state index in [-0.39, 0.29) is 5.91 Å². The lowest BCUT2D eigenvalue weighted by molar-refractivity contribution is -0.116. The van der Waals surface area contributed by atoms with Gasteiger partial charge in [-0.1, -0.05) is 31.4 Å². The standard InChI is InChI=1S/C15H22N2O/c16-11-10-15(18)17-14-8-6-13(7-9-14)12-4-2-1-3-5-12/h6-9,12H,1-5,10-11,16H2,(H,17,18). The maximum Gasteiger partial charge on any atom is 0.225 e. The summed E-state index contributed by atoms with van der Waals surface area (Å²) < 4.78 is 0. The maximum atomic E-state index is 11.4. The smallest absolute Gasteiger partial charge is 0.225 e. The van der Waals surface area contributed by atoms with Gasteiger partial charge in [-0.3, -0.25) is 4.79 Å². The maximum absolute atomic E-state index is 11.4. The number of carbonyl (C=O) groups excluding carboxylic acids is 1. The fraction of sp³-hybridized carbons (Fsp3) is 0.533. The Morgan fingerprint density at radius 3 is 2.44 bits per heavy atom. The van der Waals surface area contributed by atoms with Crippen LogP contribution in [0.1, 0.15) is 50.0 Å². The summed E-state index contributed by atoms with van der Waals surface area (Å²) >= 11 is 0. The molecular formula is C15H22N2O. The van der Waals surface area contributed by atoms with Gasteiger partial charge in [-0.15, -0.1) is 0 Å². The highest BCUT2D eigenvalue weighted by Gasteiger charge is 2.15. The fourth-order valence-corrected chi connectivity index (χ4v) is 2.63. The monoisotopic (exact) mass is 246 g/mol. The van der Waals surface area contributed by atoms with E-state index in [1.807, 2.05) is 12.1 Å². The number of nitrogens with two attached hydrogens (primary N) is 1. The van der Waals surface area contributed by atoms with Gasteiger partial charge in [0.2, 0.25) is 5.91 Å². The molecule has 1 amide bonds. The highest BCUT2D eigenvalue weighted by Crippen LogP contribution is 2.32. The number of carbonyl (C=O) groups is 1. The number of benzene rings is 1. The lowest BCUT2D eigenvalue weighted by Gasteiger charge is -2.22. The van der Waals surface area contributed by atoms with Crippen molar-refractivity contribution in [3.05, 3.63) is 29.8 Å². The summed E-state index contributed by atoms with van der Waals surface area (Å²) in [6, 6.07) is 8.29. The Morgan fingerprint density at radius 2 is 1.83 bits per heavy atom. The van der Waals surface area contributed by atoms with Crippen molar-refractivity contribution in [1.82, 2.24) is 0 Å². The molecule has 0 heterocycles. The van der Waals surface area contributed by atoms with Crippen LogP contribution in [-0.2, 0) is 4.79 Å². The molecule has 3 heteroatoms. The van der Waals surface area contributed by atoms with Gasteiger partial charge in [0.25, 0.3) is 0 Å². The van der Waals surface area contributed by atoms with Gasteiger partial charge in [0.15, 0.2) is 0 Å². The third-order valence-corrected chi connectivity index (χ3v) is 3.64. The molecule has 0 bridgehead atoms. The molecule has 0 aliphatic heterocycles. The Balaban J connectivity index is 1.94. The van der Waals surface area contributed by atoms with E-state index >= 15 is 0 Å². The molecule has 1 saturated carbocycles. The topological polar surface area (TPSA) is 55.1 Å². The highest BCUT2D eigenvalue weighted by atomic mass is 16.1. The van der Waals surface area contributed by atoms with Crippen LogP contribution >= 0.6 is 0 Å². The van der Waals surface area contributed by atoms with Crippen molar-refractivity contribution in [3.63, 3.8) is 0 Å². The van der Waals surface area contributed by atoms with Crippen molar-refractivity contribution < 1.29 is 4.79 Å². The van der Waals surface area contributed by atoms with E-state index in [1.54, 1.807) is 0 Å². The third-order valence-electron chi connectivity index (χ3n) is 3.64. The Morgan fingerprint density at radius 1 is 1.17 bits per heavy atom. The average Bonchev–Trinajstić information content (AvgIpc) is 2.41. The van der Waals surface area contributed by atoms with E-state index in [4.69, 9.17) is 5.73 Å². The summed E-state index contributed by atoms with van der Waals surface area (Å²) in [5, 5.41) is 2.85. The minimum Gasteiger partial charge on any atom is -0.330 e. The van der Waals surface area contributed by atoms with E-state index in [0.717, 1.165) is 5.69 Å². The van der Waals surface area contributed by atoms with Crippen LogP contribution in [0.4, 0.5) is 5.69 Å². The van der Waals surface area contributed by atoms with Crippen LogP contribution in [0.2, 0.25) is 0 Å². The van der Waals surface area contributed by atoms with Crippen molar-refractivity contribution in [2.45, 2.75) is 44.4 Å². The van der Waals surface area contributed by atoms with Gasteiger partial charge in [-0.05, 0) is 36.5 Å². The zero-order valence-corrected chi connectivity index (χ0v) is 10.8. The largest absolute Gasteiger partial charge is 0.330 e. The van der Waals surface area contributed by atoms with Gasteiger partial charge in [-0.25, -0.2) is 0 Å². The minimum atomic E-state index is -0.0112. The molecule has 0 saturated heterocycles. The van der Waals surface area contributed by atoms with E-state index in [0.29, 0.717) is 18.9 Å². The molecule has 98 valence electrons. The van der Waals surface area contributed by atoms with Crippen LogP contribution in [0.5, 0.6) is 0 Å². The van der Waals surface area contributed by atoms with Crippen molar-refractivity contribution in [3.8, 4) is 0 Å². The molecule has 3 nitrogen and oxygen atoms in total. The second-order valence-corrected chi connectivity index (χ2v) is 5.04. The molecule has 1 aliphatic rings. The number of amides is 1. The molecule has 1 aromatic rings. The normalized spacial score (nSPS) is 16.5. The van der Waals surface area contributed by atoms with Crippen LogP contribution in [0.3, 0.4) is 0 Å². The number of hydrogen-bond donors (Lipinski definition) is 2.